The zero-order chi connectivity index (χ0) is 13.0. The fourth-order valence-electron chi connectivity index (χ4n) is 2.63. The molecule has 1 heterocycles. The molecule has 5 heteroatoms. The first-order chi connectivity index (χ1) is 8.65. The Morgan fingerprint density at radius 3 is 2.83 bits per heavy atom. The average Bonchev–Trinajstić information content (AvgIpc) is 2.78. The summed E-state index contributed by atoms with van der Waals surface area (Å²) in [5.74, 6) is -0.123. The van der Waals surface area contributed by atoms with Gasteiger partial charge < -0.3 is 10.0 Å². The van der Waals surface area contributed by atoms with Gasteiger partial charge in [-0.3, -0.25) is 0 Å². The Labute approximate surface area is 112 Å². The van der Waals surface area contributed by atoms with Crippen LogP contribution in [0.2, 0.25) is 0 Å². The molecule has 100 valence electrons. The Kier molecular flexibility index (Phi) is 4.72. The van der Waals surface area contributed by atoms with Gasteiger partial charge in [0, 0.05) is 18.5 Å². The maximum atomic E-state index is 10.8. The lowest BCUT2D eigenvalue weighted by molar-refractivity contribution is 0.0696. The number of hydrogen-bond acceptors (Lipinski definition) is 4. The lowest BCUT2D eigenvalue weighted by atomic mass is 9.89. The molecule has 1 aromatic heterocycles. The molecule has 0 atom stereocenters. The van der Waals surface area contributed by atoms with Gasteiger partial charge in [-0.05, 0) is 25.8 Å². The van der Waals surface area contributed by atoms with E-state index in [0.29, 0.717) is 0 Å². The van der Waals surface area contributed by atoms with Crippen molar-refractivity contribution in [2.24, 2.45) is 5.92 Å². The molecule has 4 nitrogen and oxygen atoms in total. The van der Waals surface area contributed by atoms with Gasteiger partial charge in [0.15, 0.2) is 0 Å². The van der Waals surface area contributed by atoms with Crippen LogP contribution < -0.4 is 0 Å². The third-order valence-corrected chi connectivity index (χ3v) is 4.34. The van der Waals surface area contributed by atoms with Crippen molar-refractivity contribution in [2.45, 2.75) is 38.6 Å². The Balaban J connectivity index is 1.82. The lowest BCUT2D eigenvalue weighted by Crippen LogP contribution is -2.26. The van der Waals surface area contributed by atoms with Crippen LogP contribution in [0.1, 0.15) is 47.6 Å². The van der Waals surface area contributed by atoms with Crippen LogP contribution in [0.15, 0.2) is 5.38 Å². The van der Waals surface area contributed by atoms with Crippen molar-refractivity contribution >= 4 is 17.3 Å². The number of hydrogen-bond donors (Lipinski definition) is 1. The van der Waals surface area contributed by atoms with Gasteiger partial charge in [0.05, 0.1) is 5.69 Å². The van der Waals surface area contributed by atoms with E-state index in [-0.39, 0.29) is 5.01 Å². The molecule has 1 aliphatic rings. The molecule has 1 aromatic rings. The fraction of sp³-hybridized carbons (Fsp3) is 0.692. The predicted molar refractivity (Wildman–Crippen MR) is 72.0 cm³/mol. The van der Waals surface area contributed by atoms with E-state index in [1.54, 1.807) is 0 Å². The molecule has 1 aliphatic carbocycles. The monoisotopic (exact) mass is 268 g/mol. The van der Waals surface area contributed by atoms with E-state index in [1.165, 1.54) is 43.4 Å². The first kappa shape index (κ1) is 13.5. The number of nitrogens with zero attached hydrogens (tertiary/aromatic N) is 2. The zero-order valence-electron chi connectivity index (χ0n) is 10.8. The van der Waals surface area contributed by atoms with Crippen LogP contribution in [0.25, 0.3) is 0 Å². The van der Waals surface area contributed by atoms with E-state index in [2.05, 4.69) is 16.9 Å². The van der Waals surface area contributed by atoms with Gasteiger partial charge in [-0.1, -0.05) is 19.3 Å². The fourth-order valence-corrected chi connectivity index (χ4v) is 3.28. The van der Waals surface area contributed by atoms with E-state index in [9.17, 15) is 4.79 Å². The summed E-state index contributed by atoms with van der Waals surface area (Å²) < 4.78 is 0. The number of carboxylic acids is 1. The van der Waals surface area contributed by atoms with Crippen LogP contribution in [0.5, 0.6) is 0 Å². The summed E-state index contributed by atoms with van der Waals surface area (Å²) in [7, 11) is 2.09. The summed E-state index contributed by atoms with van der Waals surface area (Å²) in [6.07, 6.45) is 6.77. The molecule has 0 bridgehead atoms. The van der Waals surface area contributed by atoms with Crippen LogP contribution in [0.4, 0.5) is 0 Å². The van der Waals surface area contributed by atoms with Crippen LogP contribution in [-0.4, -0.2) is 34.6 Å². The minimum Gasteiger partial charge on any atom is -0.476 e. The Morgan fingerprint density at radius 1 is 1.50 bits per heavy atom. The van der Waals surface area contributed by atoms with Gasteiger partial charge >= 0.3 is 5.97 Å². The SMILES string of the molecule is CN(Cc1csc(C(=O)O)n1)CC1CCCCC1. The molecular weight excluding hydrogens is 248 g/mol. The molecule has 1 N–H and O–H groups in total. The first-order valence-corrected chi connectivity index (χ1v) is 7.39. The molecule has 2 rings (SSSR count). The van der Waals surface area contributed by atoms with Crippen molar-refractivity contribution < 1.29 is 9.90 Å². The topological polar surface area (TPSA) is 53.4 Å². The van der Waals surface area contributed by atoms with E-state index >= 15 is 0 Å². The van der Waals surface area contributed by atoms with Crippen molar-refractivity contribution in [3.05, 3.63) is 16.1 Å². The molecule has 0 unspecified atom stereocenters. The highest BCUT2D eigenvalue weighted by Crippen LogP contribution is 2.24. The second-order valence-electron chi connectivity index (χ2n) is 5.15. The summed E-state index contributed by atoms with van der Waals surface area (Å²) in [4.78, 5) is 17.1. The van der Waals surface area contributed by atoms with Crippen molar-refractivity contribution in [2.75, 3.05) is 13.6 Å². The minimum atomic E-state index is -0.929. The quantitative estimate of drug-likeness (QED) is 0.892. The molecule has 18 heavy (non-hydrogen) atoms. The van der Waals surface area contributed by atoms with Crippen molar-refractivity contribution in [1.29, 1.82) is 0 Å². The van der Waals surface area contributed by atoms with Gasteiger partial charge in [0.25, 0.3) is 0 Å². The highest BCUT2D eigenvalue weighted by atomic mass is 32.1. The number of carboxylic acid groups (broad SMARTS) is 1. The highest BCUT2D eigenvalue weighted by Gasteiger charge is 2.16. The molecular formula is C13H20N2O2S. The van der Waals surface area contributed by atoms with Crippen LogP contribution in [-0.2, 0) is 6.54 Å². The van der Waals surface area contributed by atoms with Crippen LogP contribution in [0, 0.1) is 5.92 Å². The van der Waals surface area contributed by atoms with Gasteiger partial charge in [-0.25, -0.2) is 9.78 Å². The number of aromatic nitrogens is 1. The lowest BCUT2D eigenvalue weighted by Gasteiger charge is -2.26. The smallest absolute Gasteiger partial charge is 0.365 e. The number of carbonyl (C=O) groups is 1. The molecule has 0 aliphatic heterocycles. The summed E-state index contributed by atoms with van der Waals surface area (Å²) in [5, 5.41) is 10.9. The van der Waals surface area contributed by atoms with Crippen LogP contribution >= 0.6 is 11.3 Å². The van der Waals surface area contributed by atoms with E-state index in [1.807, 2.05) is 5.38 Å². The second-order valence-corrected chi connectivity index (χ2v) is 6.01. The average molecular weight is 268 g/mol. The van der Waals surface area contributed by atoms with E-state index < -0.39 is 5.97 Å². The zero-order valence-corrected chi connectivity index (χ0v) is 11.6. The van der Waals surface area contributed by atoms with Gasteiger partial charge in [-0.2, -0.15) is 0 Å². The highest BCUT2D eigenvalue weighted by molar-refractivity contribution is 7.11. The maximum Gasteiger partial charge on any atom is 0.365 e. The Hall–Kier alpha value is -0.940. The Morgan fingerprint density at radius 2 is 2.22 bits per heavy atom. The number of thiazole rings is 1. The number of rotatable bonds is 5. The Bertz CT molecular complexity index is 399. The third kappa shape index (κ3) is 3.78. The summed E-state index contributed by atoms with van der Waals surface area (Å²) in [5.41, 5.74) is 0.871. The maximum absolute atomic E-state index is 10.8. The predicted octanol–water partition coefficient (Wildman–Crippen LogP) is 2.85. The van der Waals surface area contributed by atoms with Gasteiger partial charge in [0.1, 0.15) is 0 Å². The number of aromatic carboxylic acids is 1. The summed E-state index contributed by atoms with van der Waals surface area (Å²) >= 11 is 1.21. The van der Waals surface area contributed by atoms with Crippen molar-refractivity contribution in [3.63, 3.8) is 0 Å². The first-order valence-electron chi connectivity index (χ1n) is 6.51. The molecule has 1 saturated carbocycles. The van der Waals surface area contributed by atoms with Gasteiger partial charge in [-0.15, -0.1) is 11.3 Å². The molecule has 0 aromatic carbocycles. The minimum absolute atomic E-state index is 0.191. The molecule has 0 amide bonds. The standard InChI is InChI=1S/C13H20N2O2S/c1-15(7-10-5-3-2-4-6-10)8-11-9-18-12(14-11)13(16)17/h9-10H,2-8H2,1H3,(H,16,17). The summed E-state index contributed by atoms with van der Waals surface area (Å²) in [6.45, 7) is 1.85. The normalized spacial score (nSPS) is 17.2. The van der Waals surface area contributed by atoms with Crippen LogP contribution in [0.3, 0.4) is 0 Å². The van der Waals surface area contributed by atoms with Gasteiger partial charge in [0.2, 0.25) is 5.01 Å². The summed E-state index contributed by atoms with van der Waals surface area (Å²) in [6, 6.07) is 0. The van der Waals surface area contributed by atoms with Crippen molar-refractivity contribution in [3.8, 4) is 0 Å². The molecule has 0 radical (unpaired) electrons. The second kappa shape index (κ2) is 6.29. The molecule has 0 saturated heterocycles. The van der Waals surface area contributed by atoms with E-state index in [4.69, 9.17) is 5.11 Å². The van der Waals surface area contributed by atoms with Crippen molar-refractivity contribution in [1.82, 2.24) is 9.88 Å². The third-order valence-electron chi connectivity index (χ3n) is 3.46. The molecule has 0 spiro atoms. The largest absolute Gasteiger partial charge is 0.476 e. The molecule has 1 fully saturated rings. The van der Waals surface area contributed by atoms with E-state index in [0.717, 1.165) is 24.7 Å².